The summed E-state index contributed by atoms with van der Waals surface area (Å²) in [6.45, 7) is 2.26. The molecule has 1 heterocycles. The summed E-state index contributed by atoms with van der Waals surface area (Å²) >= 11 is 3.31. The molecule has 1 aromatic heterocycles. The van der Waals surface area contributed by atoms with Crippen LogP contribution in [0.15, 0.2) is 27.2 Å². The van der Waals surface area contributed by atoms with Crippen LogP contribution in [0, 0.1) is 6.92 Å². The molecule has 6 nitrogen and oxygen atoms in total. The topological polar surface area (TPSA) is 88.2 Å². The molecule has 2 rings (SSSR count). The Morgan fingerprint density at radius 2 is 2.32 bits per heavy atom. The number of carboxylic acids is 1. The number of carbonyl (C=O) groups is 1. The predicted octanol–water partition coefficient (Wildman–Crippen LogP) is 2.49. The Morgan fingerprint density at radius 3 is 2.95 bits per heavy atom. The first-order valence-electron chi connectivity index (χ1n) is 5.62. The minimum absolute atomic E-state index is 0.227. The van der Waals surface area contributed by atoms with E-state index in [1.807, 2.05) is 0 Å². The minimum atomic E-state index is -0.969. The average molecular weight is 326 g/mol. The number of halogens is 1. The van der Waals surface area contributed by atoms with E-state index < -0.39 is 5.97 Å². The van der Waals surface area contributed by atoms with Crippen LogP contribution in [0.4, 0.5) is 5.69 Å². The zero-order chi connectivity index (χ0) is 13.8. The summed E-state index contributed by atoms with van der Waals surface area (Å²) in [7, 11) is 0. The first-order chi connectivity index (χ1) is 9.06. The van der Waals surface area contributed by atoms with E-state index in [2.05, 4.69) is 31.4 Å². The standard InChI is InChI=1S/C12H12BrN3O3/c1-7-15-11(19-16-7)4-5-14-10-6-8(13)2-3-9(10)12(17)18/h2-3,6,14H,4-5H2,1H3,(H,17,18). The fourth-order valence-corrected chi connectivity index (χ4v) is 1.96. The molecule has 0 spiro atoms. The summed E-state index contributed by atoms with van der Waals surface area (Å²) < 4.78 is 5.79. The molecule has 19 heavy (non-hydrogen) atoms. The Labute approximate surface area is 118 Å². The Balaban J connectivity index is 2.02. The van der Waals surface area contributed by atoms with Crippen molar-refractivity contribution in [1.29, 1.82) is 0 Å². The predicted molar refractivity (Wildman–Crippen MR) is 72.3 cm³/mol. The molecule has 1 aromatic carbocycles. The van der Waals surface area contributed by atoms with Crippen LogP contribution in [0.3, 0.4) is 0 Å². The molecule has 0 bridgehead atoms. The van der Waals surface area contributed by atoms with Crippen LogP contribution in [0.5, 0.6) is 0 Å². The highest BCUT2D eigenvalue weighted by atomic mass is 79.9. The van der Waals surface area contributed by atoms with Crippen LogP contribution < -0.4 is 5.32 Å². The number of aromatic nitrogens is 2. The van der Waals surface area contributed by atoms with Crippen molar-refractivity contribution in [3.05, 3.63) is 40.0 Å². The highest BCUT2D eigenvalue weighted by Gasteiger charge is 2.10. The average Bonchev–Trinajstić information content (AvgIpc) is 2.75. The minimum Gasteiger partial charge on any atom is -0.478 e. The lowest BCUT2D eigenvalue weighted by molar-refractivity contribution is 0.0698. The van der Waals surface area contributed by atoms with Crippen molar-refractivity contribution in [1.82, 2.24) is 10.1 Å². The normalized spacial score (nSPS) is 10.4. The number of aromatic carboxylic acids is 1. The fraction of sp³-hybridized carbons (Fsp3) is 0.250. The van der Waals surface area contributed by atoms with E-state index in [-0.39, 0.29) is 5.56 Å². The Morgan fingerprint density at radius 1 is 1.53 bits per heavy atom. The molecule has 0 fully saturated rings. The molecule has 7 heteroatoms. The maximum atomic E-state index is 11.1. The number of nitrogens with zero attached hydrogens (tertiary/aromatic N) is 2. The highest BCUT2D eigenvalue weighted by Crippen LogP contribution is 2.21. The third-order valence-corrected chi connectivity index (χ3v) is 2.93. The van der Waals surface area contributed by atoms with Crippen molar-refractivity contribution in [3.63, 3.8) is 0 Å². The second-order valence-corrected chi connectivity index (χ2v) is 4.82. The van der Waals surface area contributed by atoms with E-state index in [0.717, 1.165) is 4.47 Å². The summed E-state index contributed by atoms with van der Waals surface area (Å²) in [6.07, 6.45) is 0.534. The van der Waals surface area contributed by atoms with Gasteiger partial charge in [-0.05, 0) is 25.1 Å². The molecule has 0 amide bonds. The second-order valence-electron chi connectivity index (χ2n) is 3.91. The third-order valence-electron chi connectivity index (χ3n) is 2.44. The molecule has 0 saturated carbocycles. The smallest absolute Gasteiger partial charge is 0.337 e. The lowest BCUT2D eigenvalue weighted by atomic mass is 10.2. The molecule has 0 saturated heterocycles. The molecule has 0 aliphatic carbocycles. The van der Waals surface area contributed by atoms with Gasteiger partial charge in [-0.25, -0.2) is 4.79 Å². The molecule has 0 unspecified atom stereocenters. The highest BCUT2D eigenvalue weighted by molar-refractivity contribution is 9.10. The van der Waals surface area contributed by atoms with E-state index in [0.29, 0.717) is 30.4 Å². The van der Waals surface area contributed by atoms with Gasteiger partial charge in [0, 0.05) is 23.1 Å². The molecule has 100 valence electrons. The van der Waals surface area contributed by atoms with Gasteiger partial charge in [-0.15, -0.1) is 0 Å². The van der Waals surface area contributed by atoms with Gasteiger partial charge in [0.15, 0.2) is 5.82 Å². The van der Waals surface area contributed by atoms with Crippen LogP contribution in [0.25, 0.3) is 0 Å². The first-order valence-corrected chi connectivity index (χ1v) is 6.41. The fourth-order valence-electron chi connectivity index (χ4n) is 1.59. The molecular weight excluding hydrogens is 314 g/mol. The number of benzene rings is 1. The van der Waals surface area contributed by atoms with Gasteiger partial charge in [-0.2, -0.15) is 4.98 Å². The Kier molecular flexibility index (Phi) is 4.16. The van der Waals surface area contributed by atoms with Crippen molar-refractivity contribution in [3.8, 4) is 0 Å². The molecule has 2 N–H and O–H groups in total. The summed E-state index contributed by atoms with van der Waals surface area (Å²) in [6, 6.07) is 4.96. The van der Waals surface area contributed by atoms with Gasteiger partial charge in [0.25, 0.3) is 0 Å². The number of carboxylic acid groups (broad SMARTS) is 1. The van der Waals surface area contributed by atoms with Gasteiger partial charge in [-0.3, -0.25) is 0 Å². The maximum Gasteiger partial charge on any atom is 0.337 e. The van der Waals surface area contributed by atoms with E-state index in [4.69, 9.17) is 9.63 Å². The van der Waals surface area contributed by atoms with E-state index >= 15 is 0 Å². The zero-order valence-corrected chi connectivity index (χ0v) is 11.8. The van der Waals surface area contributed by atoms with Gasteiger partial charge in [-0.1, -0.05) is 21.1 Å². The second kappa shape index (κ2) is 5.83. The number of hydrogen-bond acceptors (Lipinski definition) is 5. The van der Waals surface area contributed by atoms with Crippen LogP contribution in [0.1, 0.15) is 22.1 Å². The third kappa shape index (κ3) is 3.54. The quantitative estimate of drug-likeness (QED) is 0.878. The van der Waals surface area contributed by atoms with E-state index in [1.54, 1.807) is 25.1 Å². The molecule has 0 radical (unpaired) electrons. The lowest BCUT2D eigenvalue weighted by Gasteiger charge is -2.08. The van der Waals surface area contributed by atoms with E-state index in [9.17, 15) is 4.79 Å². The van der Waals surface area contributed by atoms with Crippen molar-refractivity contribution in [2.24, 2.45) is 0 Å². The summed E-state index contributed by atoms with van der Waals surface area (Å²) in [5.74, 6) is 0.143. The largest absolute Gasteiger partial charge is 0.478 e. The number of hydrogen-bond donors (Lipinski definition) is 2. The molecule has 0 aliphatic rings. The van der Waals surface area contributed by atoms with Gasteiger partial charge in [0.2, 0.25) is 5.89 Å². The molecule has 0 aliphatic heterocycles. The maximum absolute atomic E-state index is 11.1. The van der Waals surface area contributed by atoms with Crippen LogP contribution >= 0.6 is 15.9 Å². The number of aryl methyl sites for hydroxylation is 1. The molecular formula is C12H12BrN3O3. The van der Waals surface area contributed by atoms with Crippen molar-refractivity contribution >= 4 is 27.6 Å². The SMILES string of the molecule is Cc1noc(CCNc2cc(Br)ccc2C(=O)O)n1. The molecule has 0 atom stereocenters. The van der Waals surface area contributed by atoms with E-state index in [1.165, 1.54) is 0 Å². The van der Waals surface area contributed by atoms with Crippen molar-refractivity contribution in [2.45, 2.75) is 13.3 Å². The Bertz CT molecular complexity index is 598. The van der Waals surface area contributed by atoms with Crippen LogP contribution in [-0.4, -0.2) is 27.8 Å². The summed E-state index contributed by atoms with van der Waals surface area (Å²) in [4.78, 5) is 15.1. The first kappa shape index (κ1) is 13.5. The molecule has 2 aromatic rings. The van der Waals surface area contributed by atoms with Gasteiger partial charge < -0.3 is 14.9 Å². The number of anilines is 1. The number of rotatable bonds is 5. The van der Waals surface area contributed by atoms with Crippen LogP contribution in [-0.2, 0) is 6.42 Å². The van der Waals surface area contributed by atoms with Gasteiger partial charge in [0.1, 0.15) is 0 Å². The Hall–Kier alpha value is -1.89. The lowest BCUT2D eigenvalue weighted by Crippen LogP contribution is -2.09. The van der Waals surface area contributed by atoms with Gasteiger partial charge in [0.05, 0.1) is 5.56 Å². The number of nitrogens with one attached hydrogen (secondary N) is 1. The summed E-state index contributed by atoms with van der Waals surface area (Å²) in [5, 5.41) is 15.8. The van der Waals surface area contributed by atoms with Gasteiger partial charge >= 0.3 is 5.97 Å². The monoisotopic (exact) mass is 325 g/mol. The summed E-state index contributed by atoms with van der Waals surface area (Å²) in [5.41, 5.74) is 0.781. The van der Waals surface area contributed by atoms with Crippen molar-refractivity contribution in [2.75, 3.05) is 11.9 Å². The zero-order valence-electron chi connectivity index (χ0n) is 10.2. The van der Waals surface area contributed by atoms with Crippen LogP contribution in [0.2, 0.25) is 0 Å². The van der Waals surface area contributed by atoms with Crippen molar-refractivity contribution < 1.29 is 14.4 Å².